The molecule has 0 spiro atoms. The largest absolute Gasteiger partial charge is 0.375 e. The van der Waals surface area contributed by atoms with Gasteiger partial charge in [-0.3, -0.25) is 0 Å². The van der Waals surface area contributed by atoms with Gasteiger partial charge < -0.3 is 15.0 Å². The van der Waals surface area contributed by atoms with Gasteiger partial charge in [0.15, 0.2) is 0 Å². The second-order valence-corrected chi connectivity index (χ2v) is 5.69. The molecule has 1 aliphatic rings. The minimum absolute atomic E-state index is 0.220. The molecule has 112 valence electrons. The van der Waals surface area contributed by atoms with Crippen molar-refractivity contribution in [2.75, 3.05) is 24.6 Å². The number of ether oxygens (including phenoxy) is 1. The van der Waals surface area contributed by atoms with Gasteiger partial charge in [0.1, 0.15) is 5.82 Å². The van der Waals surface area contributed by atoms with E-state index in [4.69, 9.17) is 16.3 Å². The lowest BCUT2D eigenvalue weighted by molar-refractivity contribution is 0.0296. The Labute approximate surface area is 126 Å². The molecule has 1 fully saturated rings. The molecule has 0 bridgehead atoms. The van der Waals surface area contributed by atoms with E-state index in [2.05, 4.69) is 36.0 Å². The summed E-state index contributed by atoms with van der Waals surface area (Å²) < 4.78 is 5.73. The molecule has 1 aromatic heterocycles. The second-order valence-electron chi connectivity index (χ2n) is 5.29. The number of morpholine rings is 1. The Balaban J connectivity index is 2.17. The smallest absolute Gasteiger partial charge is 0.147 e. The lowest BCUT2D eigenvalue weighted by Crippen LogP contribution is -2.49. The summed E-state index contributed by atoms with van der Waals surface area (Å²) in [6.45, 7) is 9.69. The molecule has 20 heavy (non-hydrogen) atoms. The molecule has 0 aromatic carbocycles. The topological polar surface area (TPSA) is 37.4 Å². The van der Waals surface area contributed by atoms with Gasteiger partial charge in [0.2, 0.25) is 0 Å². The number of rotatable bonds is 5. The maximum Gasteiger partial charge on any atom is 0.147 e. The molecule has 5 heteroatoms. The monoisotopic (exact) mass is 297 g/mol. The van der Waals surface area contributed by atoms with E-state index < -0.39 is 0 Å². The molecule has 2 unspecified atom stereocenters. The SMILES string of the molecule is CCNCc1cnc(N2CC(C)OCC2CC)c(Cl)c1. The predicted octanol–water partition coefficient (Wildman–Crippen LogP) is 2.85. The first-order valence-corrected chi connectivity index (χ1v) is 7.76. The van der Waals surface area contributed by atoms with Gasteiger partial charge in [-0.25, -0.2) is 4.98 Å². The summed E-state index contributed by atoms with van der Waals surface area (Å²) in [6, 6.07) is 2.37. The third-order valence-corrected chi connectivity index (χ3v) is 3.95. The minimum atomic E-state index is 0.220. The van der Waals surface area contributed by atoms with Crippen LogP contribution in [0.2, 0.25) is 5.02 Å². The lowest BCUT2D eigenvalue weighted by Gasteiger charge is -2.39. The maximum absolute atomic E-state index is 6.44. The molecule has 2 heterocycles. The number of anilines is 1. The van der Waals surface area contributed by atoms with Crippen LogP contribution < -0.4 is 10.2 Å². The summed E-state index contributed by atoms with van der Waals surface area (Å²) in [5, 5.41) is 4.02. The number of aromatic nitrogens is 1. The molecule has 0 saturated carbocycles. The van der Waals surface area contributed by atoms with Gasteiger partial charge in [-0.15, -0.1) is 0 Å². The third-order valence-electron chi connectivity index (χ3n) is 3.67. The molecule has 1 aliphatic heterocycles. The summed E-state index contributed by atoms with van der Waals surface area (Å²) in [5.74, 6) is 0.883. The van der Waals surface area contributed by atoms with Crippen LogP contribution in [0.4, 0.5) is 5.82 Å². The molecule has 2 rings (SSSR count). The average molecular weight is 298 g/mol. The van der Waals surface area contributed by atoms with Gasteiger partial charge in [0.25, 0.3) is 0 Å². The quantitative estimate of drug-likeness (QED) is 0.907. The standard InChI is InChI=1S/C15H24ClN3O/c1-4-13-10-20-11(3)9-19(13)15-14(16)6-12(8-18-15)7-17-5-2/h6,8,11,13,17H,4-5,7,9-10H2,1-3H3. The fourth-order valence-electron chi connectivity index (χ4n) is 2.49. The molecule has 0 radical (unpaired) electrons. The fraction of sp³-hybridized carbons (Fsp3) is 0.667. The first kappa shape index (κ1) is 15.5. The number of nitrogens with zero attached hydrogens (tertiary/aromatic N) is 2. The number of hydrogen-bond acceptors (Lipinski definition) is 4. The molecular formula is C15H24ClN3O. The summed E-state index contributed by atoms with van der Waals surface area (Å²) in [4.78, 5) is 6.87. The van der Waals surface area contributed by atoms with Gasteiger partial charge in [0.05, 0.1) is 23.8 Å². The highest BCUT2D eigenvalue weighted by Crippen LogP contribution is 2.29. The number of halogens is 1. The first-order valence-electron chi connectivity index (χ1n) is 7.39. The van der Waals surface area contributed by atoms with Crippen LogP contribution in [0.15, 0.2) is 12.3 Å². The van der Waals surface area contributed by atoms with Crippen molar-refractivity contribution in [3.63, 3.8) is 0 Å². The zero-order valence-corrected chi connectivity index (χ0v) is 13.3. The van der Waals surface area contributed by atoms with Gasteiger partial charge >= 0.3 is 0 Å². The van der Waals surface area contributed by atoms with Crippen LogP contribution in [0, 0.1) is 0 Å². The van der Waals surface area contributed by atoms with E-state index in [1.54, 1.807) is 0 Å². The zero-order valence-electron chi connectivity index (χ0n) is 12.5. The molecule has 0 amide bonds. The van der Waals surface area contributed by atoms with E-state index in [9.17, 15) is 0 Å². The summed E-state index contributed by atoms with van der Waals surface area (Å²) >= 11 is 6.44. The van der Waals surface area contributed by atoms with Crippen molar-refractivity contribution in [3.05, 3.63) is 22.8 Å². The van der Waals surface area contributed by atoms with Gasteiger partial charge in [-0.2, -0.15) is 0 Å². The highest BCUT2D eigenvalue weighted by Gasteiger charge is 2.27. The Morgan fingerprint density at radius 2 is 2.30 bits per heavy atom. The third kappa shape index (κ3) is 3.62. The fourth-order valence-corrected chi connectivity index (χ4v) is 2.79. The number of hydrogen-bond donors (Lipinski definition) is 1. The summed E-state index contributed by atoms with van der Waals surface area (Å²) in [7, 11) is 0. The van der Waals surface area contributed by atoms with Crippen LogP contribution in [0.3, 0.4) is 0 Å². The van der Waals surface area contributed by atoms with Crippen LogP contribution in [-0.2, 0) is 11.3 Å². The summed E-state index contributed by atoms with van der Waals surface area (Å²) in [6.07, 6.45) is 3.16. The highest BCUT2D eigenvalue weighted by molar-refractivity contribution is 6.33. The van der Waals surface area contributed by atoms with E-state index in [1.807, 2.05) is 12.3 Å². The molecule has 4 nitrogen and oxygen atoms in total. The lowest BCUT2D eigenvalue weighted by atomic mass is 10.1. The number of pyridine rings is 1. The molecule has 1 saturated heterocycles. The van der Waals surface area contributed by atoms with Crippen molar-refractivity contribution in [2.24, 2.45) is 0 Å². The van der Waals surface area contributed by atoms with Crippen molar-refractivity contribution >= 4 is 17.4 Å². The van der Waals surface area contributed by atoms with E-state index in [0.717, 1.165) is 49.1 Å². The van der Waals surface area contributed by atoms with Crippen LogP contribution in [0.5, 0.6) is 0 Å². The van der Waals surface area contributed by atoms with E-state index in [-0.39, 0.29) is 6.10 Å². The Bertz CT molecular complexity index is 441. The first-order chi connectivity index (χ1) is 9.65. The highest BCUT2D eigenvalue weighted by atomic mass is 35.5. The minimum Gasteiger partial charge on any atom is -0.375 e. The van der Waals surface area contributed by atoms with Crippen molar-refractivity contribution in [3.8, 4) is 0 Å². The van der Waals surface area contributed by atoms with E-state index in [1.165, 1.54) is 0 Å². The van der Waals surface area contributed by atoms with Crippen LogP contribution >= 0.6 is 11.6 Å². The summed E-state index contributed by atoms with van der Waals surface area (Å²) in [5.41, 5.74) is 1.12. The molecule has 2 atom stereocenters. The van der Waals surface area contributed by atoms with Gasteiger partial charge in [-0.1, -0.05) is 25.4 Å². The van der Waals surface area contributed by atoms with Gasteiger partial charge in [0, 0.05) is 19.3 Å². The Morgan fingerprint density at radius 1 is 1.50 bits per heavy atom. The number of nitrogens with one attached hydrogen (secondary N) is 1. The average Bonchev–Trinajstić information content (AvgIpc) is 2.45. The van der Waals surface area contributed by atoms with Crippen molar-refractivity contribution in [1.29, 1.82) is 0 Å². The van der Waals surface area contributed by atoms with Crippen LogP contribution in [0.1, 0.15) is 32.8 Å². The Hall–Kier alpha value is -0.840. The Kier molecular flexibility index (Phi) is 5.64. The predicted molar refractivity (Wildman–Crippen MR) is 83.5 cm³/mol. The van der Waals surface area contributed by atoms with E-state index >= 15 is 0 Å². The Morgan fingerprint density at radius 3 is 2.95 bits per heavy atom. The normalized spacial score (nSPS) is 23.1. The van der Waals surface area contributed by atoms with E-state index in [0.29, 0.717) is 6.04 Å². The van der Waals surface area contributed by atoms with Crippen molar-refractivity contribution in [2.45, 2.75) is 45.9 Å². The zero-order chi connectivity index (χ0) is 14.5. The second kappa shape index (κ2) is 7.25. The van der Waals surface area contributed by atoms with Crippen molar-refractivity contribution < 1.29 is 4.74 Å². The maximum atomic E-state index is 6.44. The molecule has 1 N–H and O–H groups in total. The van der Waals surface area contributed by atoms with Crippen LogP contribution in [-0.4, -0.2) is 36.8 Å². The van der Waals surface area contributed by atoms with Crippen LogP contribution in [0.25, 0.3) is 0 Å². The van der Waals surface area contributed by atoms with Gasteiger partial charge in [-0.05, 0) is 31.5 Å². The molecular weight excluding hydrogens is 274 g/mol. The molecule has 0 aliphatic carbocycles. The van der Waals surface area contributed by atoms with Crippen molar-refractivity contribution in [1.82, 2.24) is 10.3 Å². The molecule has 1 aromatic rings.